The molecule has 3 rings (SSSR count). The fourth-order valence-corrected chi connectivity index (χ4v) is 4.23. The Hall–Kier alpha value is -2.78. The maximum Gasteiger partial charge on any atom is 0.255 e. The molecule has 184 valence electrons. The number of nitrogens with one attached hydrogen (secondary N) is 1. The molecular weight excluding hydrogens is 505 g/mol. The van der Waals surface area contributed by atoms with Crippen molar-refractivity contribution in [3.63, 3.8) is 0 Å². The normalized spacial score (nSPS) is 14.3. The van der Waals surface area contributed by atoms with Crippen LogP contribution in [0, 0.1) is 0 Å². The Kier molecular flexibility index (Phi) is 10.0. The van der Waals surface area contributed by atoms with E-state index in [0.717, 1.165) is 44.2 Å². The first kappa shape index (κ1) is 25.8. The van der Waals surface area contributed by atoms with Gasteiger partial charge in [0, 0.05) is 43.7 Å². The van der Waals surface area contributed by atoms with Crippen LogP contribution in [0.3, 0.4) is 0 Å². The van der Waals surface area contributed by atoms with Crippen LogP contribution in [0.5, 0.6) is 17.2 Å². The molecule has 0 aliphatic carbocycles. The number of alkyl halides is 1. The van der Waals surface area contributed by atoms with Gasteiger partial charge in [-0.05, 0) is 24.3 Å². The Morgan fingerprint density at radius 2 is 1.82 bits per heavy atom. The molecule has 2 aromatic rings. The van der Waals surface area contributed by atoms with E-state index in [1.807, 2.05) is 24.3 Å². The zero-order chi connectivity index (χ0) is 24.3. The minimum atomic E-state index is -0.657. The minimum Gasteiger partial charge on any atom is -0.495 e. The van der Waals surface area contributed by atoms with Gasteiger partial charge in [0.25, 0.3) is 5.91 Å². The van der Waals surface area contributed by atoms with E-state index in [-0.39, 0.29) is 18.3 Å². The summed E-state index contributed by atoms with van der Waals surface area (Å²) in [6.07, 6.45) is 3.99. The first-order chi connectivity index (χ1) is 16.6. The maximum absolute atomic E-state index is 12.7. The summed E-state index contributed by atoms with van der Waals surface area (Å²) in [4.78, 5) is 17.4. The molecule has 7 nitrogen and oxygen atoms in total. The lowest BCUT2D eigenvalue weighted by atomic mass is 10.1. The number of para-hydroxylation sites is 2. The number of carbonyl (C=O) groups excluding carboxylic acids is 1. The third-order valence-corrected chi connectivity index (χ3v) is 5.97. The van der Waals surface area contributed by atoms with E-state index < -0.39 is 6.67 Å². The molecule has 1 heterocycles. The summed E-state index contributed by atoms with van der Waals surface area (Å²) in [5.41, 5.74) is 1.42. The van der Waals surface area contributed by atoms with Gasteiger partial charge in [-0.1, -0.05) is 40.2 Å². The van der Waals surface area contributed by atoms with Crippen molar-refractivity contribution in [3.05, 3.63) is 58.6 Å². The average molecular weight is 536 g/mol. The molecule has 1 aliphatic rings. The highest BCUT2D eigenvalue weighted by Crippen LogP contribution is 2.35. The number of halogens is 2. The van der Waals surface area contributed by atoms with Crippen molar-refractivity contribution < 1.29 is 23.4 Å². The van der Waals surface area contributed by atoms with E-state index in [1.54, 1.807) is 19.2 Å². The van der Waals surface area contributed by atoms with Gasteiger partial charge in [0.05, 0.1) is 25.5 Å². The number of nitrogens with zero attached hydrogens (tertiary/aromatic N) is 2. The Bertz CT molecular complexity index is 981. The van der Waals surface area contributed by atoms with E-state index in [0.29, 0.717) is 22.3 Å². The van der Waals surface area contributed by atoms with Crippen molar-refractivity contribution in [2.24, 2.45) is 0 Å². The number of ether oxygens (including phenoxy) is 3. The predicted molar refractivity (Wildman–Crippen MR) is 135 cm³/mol. The van der Waals surface area contributed by atoms with Gasteiger partial charge in [0.2, 0.25) is 0 Å². The van der Waals surface area contributed by atoms with E-state index in [9.17, 15) is 9.18 Å². The number of methoxy groups -OCH3 is 2. The lowest BCUT2D eigenvalue weighted by Gasteiger charge is -2.36. The summed E-state index contributed by atoms with van der Waals surface area (Å²) in [6, 6.07) is 11.4. The van der Waals surface area contributed by atoms with Crippen molar-refractivity contribution in [2.75, 3.05) is 71.7 Å². The number of amides is 1. The lowest BCUT2D eigenvalue weighted by Crippen LogP contribution is -2.46. The summed E-state index contributed by atoms with van der Waals surface area (Å²) in [6.45, 7) is 4.12. The van der Waals surface area contributed by atoms with E-state index in [1.165, 1.54) is 7.11 Å². The Balaban J connectivity index is 1.47. The molecule has 2 aromatic carbocycles. The SMILES string of the molecule is COc1ccccc1N1CCN(C/C=C/CNC(=O)c2cc(Br)cc(OC)c2OCCF)CC1. The monoisotopic (exact) mass is 535 g/mol. The van der Waals surface area contributed by atoms with Crippen molar-refractivity contribution in [3.8, 4) is 17.2 Å². The molecule has 34 heavy (non-hydrogen) atoms. The highest BCUT2D eigenvalue weighted by atomic mass is 79.9. The number of rotatable bonds is 11. The summed E-state index contributed by atoms with van der Waals surface area (Å²) in [5, 5.41) is 2.86. The third kappa shape index (κ3) is 6.87. The van der Waals surface area contributed by atoms with Crippen LogP contribution in [0.25, 0.3) is 0 Å². The molecule has 0 unspecified atom stereocenters. The molecule has 1 saturated heterocycles. The molecule has 0 bridgehead atoms. The van der Waals surface area contributed by atoms with Crippen molar-refractivity contribution in [2.45, 2.75) is 0 Å². The molecule has 0 spiro atoms. The zero-order valence-corrected chi connectivity index (χ0v) is 21.1. The number of anilines is 1. The van der Waals surface area contributed by atoms with Gasteiger partial charge in [-0.15, -0.1) is 0 Å². The molecule has 1 amide bonds. The highest BCUT2D eigenvalue weighted by Gasteiger charge is 2.20. The largest absolute Gasteiger partial charge is 0.495 e. The first-order valence-corrected chi connectivity index (χ1v) is 12.0. The molecule has 1 N–H and O–H groups in total. The van der Waals surface area contributed by atoms with Crippen molar-refractivity contribution in [1.82, 2.24) is 10.2 Å². The van der Waals surface area contributed by atoms with Gasteiger partial charge in [0.15, 0.2) is 11.5 Å². The number of hydrogen-bond acceptors (Lipinski definition) is 6. The number of hydrogen-bond donors (Lipinski definition) is 1. The highest BCUT2D eigenvalue weighted by molar-refractivity contribution is 9.10. The van der Waals surface area contributed by atoms with Gasteiger partial charge >= 0.3 is 0 Å². The van der Waals surface area contributed by atoms with Crippen LogP contribution in [-0.2, 0) is 0 Å². The van der Waals surface area contributed by atoms with Gasteiger partial charge in [-0.2, -0.15) is 0 Å². The topological polar surface area (TPSA) is 63.3 Å². The summed E-state index contributed by atoms with van der Waals surface area (Å²) in [7, 11) is 3.17. The Morgan fingerprint density at radius 1 is 1.09 bits per heavy atom. The smallest absolute Gasteiger partial charge is 0.255 e. The second-order valence-electron chi connectivity index (χ2n) is 7.66. The van der Waals surface area contributed by atoms with E-state index in [2.05, 4.69) is 43.2 Å². The summed E-state index contributed by atoms with van der Waals surface area (Å²) in [5.74, 6) is 1.19. The number of carbonyl (C=O) groups is 1. The molecule has 0 atom stereocenters. The van der Waals surface area contributed by atoms with Gasteiger partial charge < -0.3 is 24.4 Å². The van der Waals surface area contributed by atoms with Crippen LogP contribution in [0.2, 0.25) is 0 Å². The van der Waals surface area contributed by atoms with Crippen LogP contribution >= 0.6 is 15.9 Å². The summed E-state index contributed by atoms with van der Waals surface area (Å²) < 4.78 is 29.5. The minimum absolute atomic E-state index is 0.150. The molecular formula is C25H31BrFN3O4. The predicted octanol–water partition coefficient (Wildman–Crippen LogP) is 3.92. The fourth-order valence-electron chi connectivity index (χ4n) is 3.79. The van der Waals surface area contributed by atoms with Gasteiger partial charge in [-0.3, -0.25) is 9.69 Å². The quantitative estimate of drug-likeness (QED) is 0.440. The lowest BCUT2D eigenvalue weighted by molar-refractivity contribution is 0.0952. The maximum atomic E-state index is 12.7. The molecule has 0 saturated carbocycles. The molecule has 1 fully saturated rings. The van der Waals surface area contributed by atoms with Gasteiger partial charge in [-0.25, -0.2) is 4.39 Å². The van der Waals surface area contributed by atoms with E-state index in [4.69, 9.17) is 14.2 Å². The molecule has 0 radical (unpaired) electrons. The van der Waals surface area contributed by atoms with Crippen LogP contribution in [0.4, 0.5) is 10.1 Å². The van der Waals surface area contributed by atoms with E-state index >= 15 is 0 Å². The van der Waals surface area contributed by atoms with Crippen molar-refractivity contribution >= 4 is 27.5 Å². The first-order valence-electron chi connectivity index (χ1n) is 11.2. The van der Waals surface area contributed by atoms with Crippen molar-refractivity contribution in [1.29, 1.82) is 0 Å². The Morgan fingerprint density at radius 3 is 2.53 bits per heavy atom. The standard InChI is InChI=1S/C25H31BrFN3O4/c1-32-22-8-4-3-7-21(22)30-14-12-29(13-15-30)11-6-5-10-28-25(31)20-17-19(26)18-23(33-2)24(20)34-16-9-27/h3-8,17-18H,9-16H2,1-2H3,(H,28,31)/b6-5+. The van der Waals surface area contributed by atoms with Crippen LogP contribution in [0.15, 0.2) is 53.0 Å². The zero-order valence-electron chi connectivity index (χ0n) is 19.6. The second-order valence-corrected chi connectivity index (χ2v) is 8.58. The van der Waals surface area contributed by atoms with Crippen LogP contribution in [-0.4, -0.2) is 77.6 Å². The van der Waals surface area contributed by atoms with Crippen LogP contribution in [0.1, 0.15) is 10.4 Å². The molecule has 1 aliphatic heterocycles. The summed E-state index contributed by atoms with van der Waals surface area (Å²) >= 11 is 3.37. The Labute approximate surface area is 208 Å². The molecule has 9 heteroatoms. The van der Waals surface area contributed by atoms with Gasteiger partial charge in [0.1, 0.15) is 19.0 Å². The molecule has 0 aromatic heterocycles. The second kappa shape index (κ2) is 13.2. The number of piperazine rings is 1. The average Bonchev–Trinajstić information content (AvgIpc) is 2.87. The number of benzene rings is 2. The van der Waals surface area contributed by atoms with Crippen LogP contribution < -0.4 is 24.4 Å². The third-order valence-electron chi connectivity index (χ3n) is 5.52. The fraction of sp³-hybridized carbons (Fsp3) is 0.400.